The number of halogens is 2. The third-order valence-electron chi connectivity index (χ3n) is 2.94. The number of ether oxygens (including phenoxy) is 2. The Morgan fingerprint density at radius 1 is 1.20 bits per heavy atom. The summed E-state index contributed by atoms with van der Waals surface area (Å²) in [4.78, 5) is 0. The van der Waals surface area contributed by atoms with Gasteiger partial charge in [-0.15, -0.1) is 0 Å². The summed E-state index contributed by atoms with van der Waals surface area (Å²) >= 11 is 0. The van der Waals surface area contributed by atoms with Gasteiger partial charge in [-0.25, -0.2) is 0 Å². The van der Waals surface area contributed by atoms with E-state index in [1.807, 2.05) is 13.0 Å². The normalized spacial score (nSPS) is 12.7. The quantitative estimate of drug-likeness (QED) is 0.665. The smallest absolute Gasteiger partial charge is 0.387 e. The minimum absolute atomic E-state index is 0.0697. The maximum absolute atomic E-state index is 12.3. The first-order valence-corrected chi connectivity index (χ1v) is 7.00. The molecule has 0 heterocycles. The first kappa shape index (κ1) is 16.9. The summed E-state index contributed by atoms with van der Waals surface area (Å²) in [7, 11) is 0. The molecule has 0 saturated carbocycles. The first-order chi connectivity index (χ1) is 9.65. The molecule has 0 saturated heterocycles. The number of hydrogen-bond acceptors (Lipinski definition) is 3. The summed E-state index contributed by atoms with van der Waals surface area (Å²) in [6.07, 6.45) is 2.17. The third-order valence-corrected chi connectivity index (χ3v) is 2.94. The van der Waals surface area contributed by atoms with Gasteiger partial charge in [0.15, 0.2) is 0 Å². The van der Waals surface area contributed by atoms with E-state index in [1.165, 1.54) is 0 Å². The van der Waals surface area contributed by atoms with Crippen molar-refractivity contribution in [3.8, 4) is 5.75 Å². The zero-order valence-electron chi connectivity index (χ0n) is 12.1. The number of hydrogen-bond donors (Lipinski definition) is 1. The van der Waals surface area contributed by atoms with Gasteiger partial charge in [0.1, 0.15) is 5.75 Å². The standard InChI is InChI=1S/C15H23F2NO2/c1-3-4-10-19-11-9-18-12(2)13-7-5-6-8-14(13)20-15(16)17/h5-8,12,15,18H,3-4,9-11H2,1-2H3. The summed E-state index contributed by atoms with van der Waals surface area (Å²) in [5.74, 6) is 0.217. The average molecular weight is 287 g/mol. The van der Waals surface area contributed by atoms with Gasteiger partial charge in [0.2, 0.25) is 0 Å². The van der Waals surface area contributed by atoms with Crippen LogP contribution in [0.4, 0.5) is 8.78 Å². The fraction of sp³-hybridized carbons (Fsp3) is 0.600. The topological polar surface area (TPSA) is 30.5 Å². The molecule has 0 spiro atoms. The van der Waals surface area contributed by atoms with Crippen molar-refractivity contribution in [2.45, 2.75) is 39.3 Å². The Kier molecular flexibility index (Phi) is 8.14. The molecule has 0 amide bonds. The second-order valence-electron chi connectivity index (χ2n) is 4.56. The fourth-order valence-electron chi connectivity index (χ4n) is 1.85. The Morgan fingerprint density at radius 2 is 1.95 bits per heavy atom. The highest BCUT2D eigenvalue weighted by atomic mass is 19.3. The maximum Gasteiger partial charge on any atom is 0.387 e. The molecular formula is C15H23F2NO2. The Labute approximate surface area is 119 Å². The summed E-state index contributed by atoms with van der Waals surface area (Å²) in [6, 6.07) is 6.76. The van der Waals surface area contributed by atoms with Gasteiger partial charge in [-0.1, -0.05) is 31.5 Å². The molecule has 1 aromatic rings. The average Bonchev–Trinajstić information content (AvgIpc) is 2.42. The van der Waals surface area contributed by atoms with Gasteiger partial charge in [0.25, 0.3) is 0 Å². The van der Waals surface area contributed by atoms with Crippen molar-refractivity contribution in [2.75, 3.05) is 19.8 Å². The van der Waals surface area contributed by atoms with Crippen LogP contribution in [-0.4, -0.2) is 26.4 Å². The van der Waals surface area contributed by atoms with Gasteiger partial charge in [0, 0.05) is 24.8 Å². The van der Waals surface area contributed by atoms with Crippen LogP contribution in [0.2, 0.25) is 0 Å². The molecule has 20 heavy (non-hydrogen) atoms. The Bertz CT molecular complexity index is 375. The van der Waals surface area contributed by atoms with Gasteiger partial charge in [0.05, 0.1) is 6.61 Å². The van der Waals surface area contributed by atoms with Crippen molar-refractivity contribution in [2.24, 2.45) is 0 Å². The number of para-hydroxylation sites is 1. The molecule has 0 bridgehead atoms. The second-order valence-corrected chi connectivity index (χ2v) is 4.56. The minimum Gasteiger partial charge on any atom is -0.434 e. The predicted octanol–water partition coefficient (Wildman–Crippen LogP) is 3.76. The van der Waals surface area contributed by atoms with Crippen LogP contribution in [0.1, 0.15) is 38.3 Å². The molecule has 0 aliphatic rings. The van der Waals surface area contributed by atoms with Crippen molar-refractivity contribution in [3.63, 3.8) is 0 Å². The van der Waals surface area contributed by atoms with Crippen molar-refractivity contribution in [3.05, 3.63) is 29.8 Å². The van der Waals surface area contributed by atoms with E-state index >= 15 is 0 Å². The largest absolute Gasteiger partial charge is 0.434 e. The van der Waals surface area contributed by atoms with E-state index in [1.54, 1.807) is 18.2 Å². The minimum atomic E-state index is -2.80. The van der Waals surface area contributed by atoms with Gasteiger partial charge in [-0.2, -0.15) is 8.78 Å². The van der Waals surface area contributed by atoms with E-state index in [0.29, 0.717) is 13.2 Å². The van der Waals surface area contributed by atoms with Crippen LogP contribution in [0.15, 0.2) is 24.3 Å². The van der Waals surface area contributed by atoms with E-state index in [0.717, 1.165) is 25.0 Å². The molecular weight excluding hydrogens is 264 g/mol. The van der Waals surface area contributed by atoms with Crippen LogP contribution in [0, 0.1) is 0 Å². The van der Waals surface area contributed by atoms with E-state index < -0.39 is 6.61 Å². The predicted molar refractivity (Wildman–Crippen MR) is 75.2 cm³/mol. The molecule has 0 fully saturated rings. The van der Waals surface area contributed by atoms with Crippen LogP contribution in [0.5, 0.6) is 5.75 Å². The van der Waals surface area contributed by atoms with Gasteiger partial charge < -0.3 is 14.8 Å². The molecule has 0 aliphatic heterocycles. The number of nitrogens with one attached hydrogen (secondary N) is 1. The first-order valence-electron chi connectivity index (χ1n) is 7.00. The number of unbranched alkanes of at least 4 members (excludes halogenated alkanes) is 1. The lowest BCUT2D eigenvalue weighted by molar-refractivity contribution is -0.0506. The molecule has 0 radical (unpaired) electrons. The molecule has 3 nitrogen and oxygen atoms in total. The van der Waals surface area contributed by atoms with Crippen LogP contribution in [0.3, 0.4) is 0 Å². The molecule has 0 aromatic heterocycles. The van der Waals surface area contributed by atoms with Gasteiger partial charge >= 0.3 is 6.61 Å². The van der Waals surface area contributed by atoms with Gasteiger partial charge in [-0.3, -0.25) is 0 Å². The lowest BCUT2D eigenvalue weighted by atomic mass is 10.1. The number of benzene rings is 1. The second kappa shape index (κ2) is 9.66. The highest BCUT2D eigenvalue weighted by Crippen LogP contribution is 2.25. The lowest BCUT2D eigenvalue weighted by Gasteiger charge is -2.18. The Hall–Kier alpha value is -1.20. The van der Waals surface area contributed by atoms with Crippen molar-refractivity contribution < 1.29 is 18.3 Å². The van der Waals surface area contributed by atoms with E-state index in [2.05, 4.69) is 17.0 Å². The number of alkyl halides is 2. The zero-order valence-corrected chi connectivity index (χ0v) is 12.1. The Morgan fingerprint density at radius 3 is 2.65 bits per heavy atom. The van der Waals surface area contributed by atoms with Crippen LogP contribution in [0.25, 0.3) is 0 Å². The number of rotatable bonds is 10. The van der Waals surface area contributed by atoms with Crippen LogP contribution >= 0.6 is 0 Å². The molecule has 1 aromatic carbocycles. The van der Waals surface area contributed by atoms with Crippen molar-refractivity contribution in [1.29, 1.82) is 0 Å². The molecule has 1 unspecified atom stereocenters. The SMILES string of the molecule is CCCCOCCNC(C)c1ccccc1OC(F)F. The zero-order chi connectivity index (χ0) is 14.8. The van der Waals surface area contributed by atoms with Crippen molar-refractivity contribution >= 4 is 0 Å². The molecule has 1 N–H and O–H groups in total. The van der Waals surface area contributed by atoms with E-state index in [9.17, 15) is 8.78 Å². The molecule has 114 valence electrons. The molecule has 1 atom stereocenters. The van der Waals surface area contributed by atoms with E-state index in [-0.39, 0.29) is 11.8 Å². The Balaban J connectivity index is 2.40. The van der Waals surface area contributed by atoms with Crippen LogP contribution in [-0.2, 0) is 4.74 Å². The monoisotopic (exact) mass is 287 g/mol. The summed E-state index contributed by atoms with van der Waals surface area (Å²) < 4.78 is 34.6. The molecule has 5 heteroatoms. The maximum atomic E-state index is 12.3. The highest BCUT2D eigenvalue weighted by Gasteiger charge is 2.13. The third kappa shape index (κ3) is 6.30. The van der Waals surface area contributed by atoms with Gasteiger partial charge in [-0.05, 0) is 19.4 Å². The van der Waals surface area contributed by atoms with Crippen LogP contribution < -0.4 is 10.1 Å². The molecule has 1 rings (SSSR count). The van der Waals surface area contributed by atoms with E-state index in [4.69, 9.17) is 4.74 Å². The highest BCUT2D eigenvalue weighted by molar-refractivity contribution is 5.35. The lowest BCUT2D eigenvalue weighted by Crippen LogP contribution is -2.24. The summed E-state index contributed by atoms with van der Waals surface area (Å²) in [5.41, 5.74) is 0.723. The van der Waals surface area contributed by atoms with Crippen molar-refractivity contribution in [1.82, 2.24) is 5.32 Å². The summed E-state index contributed by atoms with van der Waals surface area (Å²) in [5, 5.41) is 3.24. The molecule has 0 aliphatic carbocycles. The fourth-order valence-corrected chi connectivity index (χ4v) is 1.85. The summed E-state index contributed by atoms with van der Waals surface area (Å²) in [6.45, 7) is 3.28.